The van der Waals surface area contributed by atoms with Gasteiger partial charge in [-0.2, -0.15) is 5.10 Å². The number of aromatic nitrogens is 5. The monoisotopic (exact) mass is 302 g/mol. The molecule has 0 aliphatic carbocycles. The highest BCUT2D eigenvalue weighted by Crippen LogP contribution is 2.23. The Morgan fingerprint density at radius 2 is 1.78 bits per heavy atom. The van der Waals surface area contributed by atoms with Gasteiger partial charge in [0, 0.05) is 18.1 Å². The smallest absolute Gasteiger partial charge is 0.227 e. The van der Waals surface area contributed by atoms with Gasteiger partial charge in [0.15, 0.2) is 5.65 Å². The van der Waals surface area contributed by atoms with Crippen LogP contribution in [0.2, 0.25) is 0 Å². The Labute approximate surface area is 132 Å². The van der Waals surface area contributed by atoms with Crippen molar-refractivity contribution in [2.45, 2.75) is 6.92 Å². The van der Waals surface area contributed by atoms with Crippen LogP contribution in [0.15, 0.2) is 60.9 Å². The maximum Gasteiger partial charge on any atom is 0.227 e. The maximum atomic E-state index is 4.60. The topological polar surface area (TPSA) is 68.0 Å². The summed E-state index contributed by atoms with van der Waals surface area (Å²) < 4.78 is 1.80. The zero-order valence-electron chi connectivity index (χ0n) is 12.5. The van der Waals surface area contributed by atoms with Gasteiger partial charge in [0.05, 0.1) is 11.4 Å². The summed E-state index contributed by atoms with van der Waals surface area (Å²) in [4.78, 5) is 13.4. The Balaban J connectivity index is 1.77. The maximum absolute atomic E-state index is 4.60. The van der Waals surface area contributed by atoms with Gasteiger partial charge in [-0.05, 0) is 37.3 Å². The molecule has 0 fully saturated rings. The third kappa shape index (κ3) is 2.50. The highest BCUT2D eigenvalue weighted by Gasteiger charge is 2.13. The Hall–Kier alpha value is -3.28. The molecule has 0 amide bonds. The number of nitrogens with one attached hydrogen (secondary N) is 1. The van der Waals surface area contributed by atoms with Gasteiger partial charge in [-0.3, -0.25) is 0 Å². The molecule has 0 aliphatic rings. The second-order valence-electron chi connectivity index (χ2n) is 5.10. The van der Waals surface area contributed by atoms with Crippen molar-refractivity contribution in [2.75, 3.05) is 5.32 Å². The fraction of sp³-hybridized carbons (Fsp3) is 0.0588. The minimum absolute atomic E-state index is 0.541. The normalized spacial score (nSPS) is 10.8. The van der Waals surface area contributed by atoms with Gasteiger partial charge < -0.3 is 5.32 Å². The number of rotatable bonds is 3. The Kier molecular flexibility index (Phi) is 3.20. The quantitative estimate of drug-likeness (QED) is 0.629. The van der Waals surface area contributed by atoms with E-state index in [9.17, 15) is 0 Å². The average Bonchev–Trinajstić information content (AvgIpc) is 2.92. The second kappa shape index (κ2) is 5.49. The first-order valence-corrected chi connectivity index (χ1v) is 7.27. The lowest BCUT2D eigenvalue weighted by Crippen LogP contribution is -2.00. The molecule has 0 unspecified atom stereocenters. The van der Waals surface area contributed by atoms with Crippen LogP contribution in [0.3, 0.4) is 0 Å². The molecule has 1 N–H and O–H groups in total. The van der Waals surface area contributed by atoms with Gasteiger partial charge in [0.1, 0.15) is 5.69 Å². The van der Waals surface area contributed by atoms with E-state index >= 15 is 0 Å². The summed E-state index contributed by atoms with van der Waals surface area (Å²) in [6.07, 6.45) is 3.47. The first-order chi connectivity index (χ1) is 11.3. The van der Waals surface area contributed by atoms with Crippen molar-refractivity contribution < 1.29 is 0 Å². The van der Waals surface area contributed by atoms with E-state index in [4.69, 9.17) is 0 Å². The molecule has 0 bridgehead atoms. The van der Waals surface area contributed by atoms with E-state index in [1.807, 2.05) is 55.5 Å². The van der Waals surface area contributed by atoms with Gasteiger partial charge in [-0.1, -0.05) is 18.2 Å². The Morgan fingerprint density at radius 3 is 2.65 bits per heavy atom. The summed E-state index contributed by atoms with van der Waals surface area (Å²) in [7, 11) is 0. The van der Waals surface area contributed by atoms with Crippen LogP contribution in [0.4, 0.5) is 11.6 Å². The van der Waals surface area contributed by atoms with Gasteiger partial charge in [-0.25, -0.2) is 19.5 Å². The molecule has 4 rings (SSSR count). The van der Waals surface area contributed by atoms with Crippen molar-refractivity contribution in [1.82, 2.24) is 24.6 Å². The second-order valence-corrected chi connectivity index (χ2v) is 5.10. The number of imidazole rings is 1. The third-order valence-electron chi connectivity index (χ3n) is 3.50. The third-order valence-corrected chi connectivity index (χ3v) is 3.50. The molecule has 4 aromatic rings. The summed E-state index contributed by atoms with van der Waals surface area (Å²) in [6, 6.07) is 15.5. The molecule has 112 valence electrons. The number of fused-ring (bicyclic) bond motifs is 1. The van der Waals surface area contributed by atoms with E-state index in [0.717, 1.165) is 28.4 Å². The molecule has 0 spiro atoms. The number of benzene rings is 1. The summed E-state index contributed by atoms with van der Waals surface area (Å²) >= 11 is 0. The number of hydrogen-bond acceptors (Lipinski definition) is 5. The largest absolute Gasteiger partial charge is 0.324 e. The van der Waals surface area contributed by atoms with E-state index in [-0.39, 0.29) is 0 Å². The lowest BCUT2D eigenvalue weighted by molar-refractivity contribution is 0.935. The lowest BCUT2D eigenvalue weighted by atomic mass is 10.2. The fourth-order valence-corrected chi connectivity index (χ4v) is 2.49. The van der Waals surface area contributed by atoms with Crippen molar-refractivity contribution in [3.8, 4) is 11.4 Å². The number of nitrogens with zero attached hydrogens (tertiary/aromatic N) is 5. The van der Waals surface area contributed by atoms with Crippen molar-refractivity contribution in [3.63, 3.8) is 0 Å². The molecular weight excluding hydrogens is 288 g/mol. The number of anilines is 2. The summed E-state index contributed by atoms with van der Waals surface area (Å²) in [5, 5.41) is 7.57. The molecule has 23 heavy (non-hydrogen) atoms. The highest BCUT2D eigenvalue weighted by molar-refractivity contribution is 5.64. The number of aryl methyl sites for hydroxylation is 1. The number of hydrogen-bond donors (Lipinski definition) is 1. The summed E-state index contributed by atoms with van der Waals surface area (Å²) in [6.45, 7) is 1.95. The first kappa shape index (κ1) is 13.4. The first-order valence-electron chi connectivity index (χ1n) is 7.27. The van der Waals surface area contributed by atoms with Crippen molar-refractivity contribution in [2.24, 2.45) is 0 Å². The van der Waals surface area contributed by atoms with Crippen molar-refractivity contribution in [1.29, 1.82) is 0 Å². The SMILES string of the molecule is Cc1nc2cccnn2c1-c1ccnc(Nc2ccccc2)n1. The van der Waals surface area contributed by atoms with Crippen LogP contribution in [0.25, 0.3) is 17.0 Å². The van der Waals surface area contributed by atoms with Gasteiger partial charge in [-0.15, -0.1) is 0 Å². The Bertz CT molecular complexity index is 961. The van der Waals surface area contributed by atoms with Gasteiger partial charge in [0.2, 0.25) is 5.95 Å². The van der Waals surface area contributed by atoms with Gasteiger partial charge in [0.25, 0.3) is 0 Å². The fourth-order valence-electron chi connectivity index (χ4n) is 2.49. The molecule has 6 heteroatoms. The van der Waals surface area contributed by atoms with Crippen LogP contribution in [0.5, 0.6) is 0 Å². The van der Waals surface area contributed by atoms with Gasteiger partial charge >= 0.3 is 0 Å². The van der Waals surface area contributed by atoms with Crippen LogP contribution in [-0.4, -0.2) is 24.6 Å². The van der Waals surface area contributed by atoms with E-state index < -0.39 is 0 Å². The summed E-state index contributed by atoms with van der Waals surface area (Å²) in [5.74, 6) is 0.541. The summed E-state index contributed by atoms with van der Waals surface area (Å²) in [5.41, 5.74) is 4.28. The predicted molar refractivity (Wildman–Crippen MR) is 88.5 cm³/mol. The highest BCUT2D eigenvalue weighted by atomic mass is 15.3. The molecule has 3 heterocycles. The molecule has 0 atom stereocenters. The zero-order chi connectivity index (χ0) is 15.6. The van der Waals surface area contributed by atoms with E-state index in [1.54, 1.807) is 16.9 Å². The van der Waals surface area contributed by atoms with Crippen molar-refractivity contribution >= 4 is 17.3 Å². The number of para-hydroxylation sites is 1. The molecule has 6 nitrogen and oxygen atoms in total. The molecule has 0 saturated heterocycles. The molecule has 1 aromatic carbocycles. The Morgan fingerprint density at radius 1 is 0.913 bits per heavy atom. The van der Waals surface area contributed by atoms with E-state index in [2.05, 4.69) is 25.4 Å². The predicted octanol–water partition coefficient (Wildman–Crippen LogP) is 3.24. The van der Waals surface area contributed by atoms with Crippen LogP contribution in [0, 0.1) is 6.92 Å². The molecular formula is C17H14N6. The minimum atomic E-state index is 0.541. The molecule has 3 aromatic heterocycles. The van der Waals surface area contributed by atoms with Crippen LogP contribution in [0.1, 0.15) is 5.69 Å². The van der Waals surface area contributed by atoms with Crippen molar-refractivity contribution in [3.05, 3.63) is 66.6 Å². The van der Waals surface area contributed by atoms with Crippen LogP contribution >= 0.6 is 0 Å². The lowest BCUT2D eigenvalue weighted by Gasteiger charge is -2.06. The molecule has 0 aliphatic heterocycles. The average molecular weight is 302 g/mol. The van der Waals surface area contributed by atoms with E-state index in [1.165, 1.54) is 0 Å². The zero-order valence-corrected chi connectivity index (χ0v) is 12.5. The van der Waals surface area contributed by atoms with Crippen LogP contribution in [-0.2, 0) is 0 Å². The molecule has 0 radical (unpaired) electrons. The van der Waals surface area contributed by atoms with Crippen LogP contribution < -0.4 is 5.32 Å². The standard InChI is InChI=1S/C17H14N6/c1-12-16(23-15(20-12)8-5-10-19-23)14-9-11-18-17(22-14)21-13-6-3-2-4-7-13/h2-11H,1H3,(H,18,21,22). The van der Waals surface area contributed by atoms with E-state index in [0.29, 0.717) is 5.95 Å². The molecule has 0 saturated carbocycles. The minimum Gasteiger partial charge on any atom is -0.324 e.